The van der Waals surface area contributed by atoms with Crippen LogP contribution in [0.1, 0.15) is 19.3 Å². The number of ether oxygens (including phenoxy) is 1. The van der Waals surface area contributed by atoms with Crippen LogP contribution in [0, 0.1) is 0 Å². The first-order chi connectivity index (χ1) is 7.02. The van der Waals surface area contributed by atoms with E-state index in [1.165, 1.54) is 4.31 Å². The van der Waals surface area contributed by atoms with Crippen LogP contribution in [0.15, 0.2) is 0 Å². The van der Waals surface area contributed by atoms with Gasteiger partial charge in [0.05, 0.1) is 12.4 Å². The number of rotatable bonds is 2. The molecule has 5 nitrogen and oxygen atoms in total. The maximum atomic E-state index is 11.7. The number of hydrogen-bond acceptors (Lipinski definition) is 4. The van der Waals surface area contributed by atoms with E-state index in [2.05, 4.69) is 0 Å². The van der Waals surface area contributed by atoms with Gasteiger partial charge >= 0.3 is 0 Å². The average Bonchev–Trinajstić information content (AvgIpc) is 2.56. The molecule has 2 rings (SSSR count). The van der Waals surface area contributed by atoms with Crippen molar-refractivity contribution in [2.24, 2.45) is 0 Å². The zero-order valence-corrected chi connectivity index (χ0v) is 9.50. The van der Waals surface area contributed by atoms with Gasteiger partial charge in [0.25, 0.3) is 0 Å². The quantitative estimate of drug-likeness (QED) is 0.705. The molecular formula is C9H17NO4S. The van der Waals surface area contributed by atoms with Crippen LogP contribution in [0.2, 0.25) is 0 Å². The Labute approximate surface area is 90.1 Å². The molecule has 2 aliphatic heterocycles. The second-order valence-electron chi connectivity index (χ2n) is 4.38. The molecule has 1 atom stereocenters. The van der Waals surface area contributed by atoms with Gasteiger partial charge in [-0.3, -0.25) is 0 Å². The summed E-state index contributed by atoms with van der Waals surface area (Å²) in [6.07, 6.45) is 2.14. The summed E-state index contributed by atoms with van der Waals surface area (Å²) < 4.78 is 29.9. The Kier molecular flexibility index (Phi) is 3.03. The van der Waals surface area contributed by atoms with Crippen molar-refractivity contribution in [3.63, 3.8) is 0 Å². The summed E-state index contributed by atoms with van der Waals surface area (Å²) in [7, 11) is -3.13. The summed E-state index contributed by atoms with van der Waals surface area (Å²) in [6.45, 7) is 1.49. The number of sulfonamides is 1. The fraction of sp³-hybridized carbons (Fsp3) is 1.00. The van der Waals surface area contributed by atoms with Crippen LogP contribution in [0.5, 0.6) is 0 Å². The van der Waals surface area contributed by atoms with Gasteiger partial charge in [-0.05, 0) is 12.8 Å². The molecule has 0 bridgehead atoms. The third-order valence-electron chi connectivity index (χ3n) is 3.01. The fourth-order valence-electron chi connectivity index (χ4n) is 2.07. The Morgan fingerprint density at radius 1 is 1.40 bits per heavy atom. The molecule has 1 N–H and O–H groups in total. The largest absolute Gasteiger partial charge is 0.386 e. The highest BCUT2D eigenvalue weighted by molar-refractivity contribution is 7.89. The maximum Gasteiger partial charge on any atom is 0.214 e. The van der Waals surface area contributed by atoms with Crippen molar-refractivity contribution < 1.29 is 18.3 Å². The lowest BCUT2D eigenvalue weighted by Gasteiger charge is -2.32. The van der Waals surface area contributed by atoms with E-state index in [-0.39, 0.29) is 18.9 Å². The van der Waals surface area contributed by atoms with Crippen LogP contribution >= 0.6 is 0 Å². The predicted octanol–water partition coefficient (Wildman–Crippen LogP) is -0.437. The average molecular weight is 235 g/mol. The van der Waals surface area contributed by atoms with Gasteiger partial charge in [-0.15, -0.1) is 0 Å². The molecule has 6 heteroatoms. The highest BCUT2D eigenvalue weighted by atomic mass is 32.2. The summed E-state index contributed by atoms with van der Waals surface area (Å²) in [6, 6.07) is 0. The molecule has 1 unspecified atom stereocenters. The first-order valence-corrected chi connectivity index (χ1v) is 6.91. The van der Waals surface area contributed by atoms with E-state index in [1.807, 2.05) is 0 Å². The van der Waals surface area contributed by atoms with Gasteiger partial charge in [0.1, 0.15) is 5.60 Å². The van der Waals surface area contributed by atoms with E-state index in [1.54, 1.807) is 0 Å². The molecule has 0 aromatic carbocycles. The third kappa shape index (κ3) is 2.50. The second-order valence-corrected chi connectivity index (χ2v) is 6.47. The molecule has 2 heterocycles. The molecule has 0 amide bonds. The molecular weight excluding hydrogens is 218 g/mol. The molecule has 88 valence electrons. The van der Waals surface area contributed by atoms with Crippen LogP contribution < -0.4 is 0 Å². The predicted molar refractivity (Wildman–Crippen MR) is 55.0 cm³/mol. The minimum absolute atomic E-state index is 0.190. The van der Waals surface area contributed by atoms with Gasteiger partial charge in [0, 0.05) is 26.1 Å². The Morgan fingerprint density at radius 3 is 2.80 bits per heavy atom. The lowest BCUT2D eigenvalue weighted by atomic mass is 10.0. The monoisotopic (exact) mass is 235 g/mol. The maximum absolute atomic E-state index is 11.7. The normalized spacial score (nSPS) is 36.9. The van der Waals surface area contributed by atoms with Crippen molar-refractivity contribution in [2.45, 2.75) is 24.9 Å². The van der Waals surface area contributed by atoms with E-state index < -0.39 is 15.6 Å². The lowest BCUT2D eigenvalue weighted by Crippen LogP contribution is -2.48. The first kappa shape index (κ1) is 11.3. The fourth-order valence-corrected chi connectivity index (χ4v) is 3.74. The molecule has 2 saturated heterocycles. The highest BCUT2D eigenvalue weighted by Gasteiger charge is 2.38. The lowest BCUT2D eigenvalue weighted by molar-refractivity contribution is 0.0111. The molecule has 0 spiro atoms. The summed E-state index contributed by atoms with van der Waals surface area (Å²) in [5, 5.41) is 10.0. The van der Waals surface area contributed by atoms with Gasteiger partial charge in [0.15, 0.2) is 0 Å². The Bertz CT molecular complexity index is 321. The van der Waals surface area contributed by atoms with Gasteiger partial charge < -0.3 is 9.84 Å². The third-order valence-corrected chi connectivity index (χ3v) is 4.91. The van der Waals surface area contributed by atoms with Gasteiger partial charge in [0.2, 0.25) is 10.0 Å². The Hall–Kier alpha value is -0.170. The van der Waals surface area contributed by atoms with Crippen LogP contribution in [0.25, 0.3) is 0 Å². The van der Waals surface area contributed by atoms with Crippen molar-refractivity contribution in [3.8, 4) is 0 Å². The van der Waals surface area contributed by atoms with Crippen molar-refractivity contribution >= 4 is 10.0 Å². The Balaban J connectivity index is 2.04. The van der Waals surface area contributed by atoms with E-state index in [9.17, 15) is 13.5 Å². The number of hydrogen-bond donors (Lipinski definition) is 1. The minimum Gasteiger partial charge on any atom is -0.386 e. The molecule has 2 aliphatic rings. The van der Waals surface area contributed by atoms with E-state index >= 15 is 0 Å². The number of nitrogens with zero attached hydrogens (tertiary/aromatic N) is 1. The molecule has 0 aliphatic carbocycles. The first-order valence-electron chi connectivity index (χ1n) is 5.30. The smallest absolute Gasteiger partial charge is 0.214 e. The molecule has 0 aromatic heterocycles. The highest BCUT2D eigenvalue weighted by Crippen LogP contribution is 2.23. The van der Waals surface area contributed by atoms with E-state index in [4.69, 9.17) is 4.74 Å². The standard InChI is InChI=1S/C9H17NO4S/c11-9(3-5-14-8-9)7-10-4-1-2-6-15(10,12)13/h11H,1-8H2. The zero-order chi connectivity index (χ0) is 10.9. The van der Waals surface area contributed by atoms with Crippen LogP contribution in [-0.2, 0) is 14.8 Å². The van der Waals surface area contributed by atoms with Crippen LogP contribution in [0.4, 0.5) is 0 Å². The number of β-amino-alcohol motifs (C(OH)–C–C–N with tert-alkyl or cyclic N) is 1. The van der Waals surface area contributed by atoms with Gasteiger partial charge in [-0.1, -0.05) is 0 Å². The summed E-state index contributed by atoms with van der Waals surface area (Å²) in [5.74, 6) is 0.212. The van der Waals surface area contributed by atoms with Crippen molar-refractivity contribution in [2.75, 3.05) is 32.1 Å². The van der Waals surface area contributed by atoms with E-state index in [0.29, 0.717) is 19.6 Å². The topological polar surface area (TPSA) is 66.8 Å². The van der Waals surface area contributed by atoms with Crippen molar-refractivity contribution in [1.82, 2.24) is 4.31 Å². The van der Waals surface area contributed by atoms with Crippen LogP contribution in [-0.4, -0.2) is 55.5 Å². The molecule has 0 saturated carbocycles. The van der Waals surface area contributed by atoms with Crippen molar-refractivity contribution in [1.29, 1.82) is 0 Å². The summed E-state index contributed by atoms with van der Waals surface area (Å²) in [5.41, 5.74) is -0.968. The SMILES string of the molecule is O=S1(=O)CCCCN1CC1(O)CCOC1. The van der Waals surface area contributed by atoms with Crippen LogP contribution in [0.3, 0.4) is 0 Å². The Morgan fingerprint density at radius 2 is 2.20 bits per heavy atom. The number of aliphatic hydroxyl groups is 1. The second kappa shape index (κ2) is 4.01. The molecule has 0 radical (unpaired) electrons. The van der Waals surface area contributed by atoms with Gasteiger partial charge in [-0.2, -0.15) is 4.31 Å². The molecule has 0 aromatic rings. The van der Waals surface area contributed by atoms with Gasteiger partial charge in [-0.25, -0.2) is 8.42 Å². The minimum atomic E-state index is -3.13. The molecule has 15 heavy (non-hydrogen) atoms. The van der Waals surface area contributed by atoms with Crippen molar-refractivity contribution in [3.05, 3.63) is 0 Å². The summed E-state index contributed by atoms with van der Waals surface area (Å²) >= 11 is 0. The van der Waals surface area contributed by atoms with E-state index in [0.717, 1.165) is 12.8 Å². The molecule has 2 fully saturated rings. The zero-order valence-electron chi connectivity index (χ0n) is 8.68. The summed E-state index contributed by atoms with van der Waals surface area (Å²) in [4.78, 5) is 0.